The molecule has 0 aromatic heterocycles. The fraction of sp³-hybridized carbons (Fsp3) is 0.267. The quantitative estimate of drug-likeness (QED) is 0.338. The average molecular weight is 563 g/mol. The first kappa shape index (κ1) is 25.6. The van der Waals surface area contributed by atoms with Gasteiger partial charge in [0.1, 0.15) is 15.8 Å². The molecule has 0 spiro atoms. The number of hydrogen-bond donors (Lipinski definition) is 2. The van der Waals surface area contributed by atoms with E-state index < -0.39 is 57.2 Å². The van der Waals surface area contributed by atoms with E-state index in [-0.39, 0.29) is 5.56 Å². The number of benzene rings is 3. The maximum atomic E-state index is 14.2. The second-order valence-corrected chi connectivity index (χ2v) is 11.8. The molecule has 1 heterocycles. The normalized spacial score (nSPS) is 27.2. The Bertz CT molecular complexity index is 1450. The van der Waals surface area contributed by atoms with Gasteiger partial charge in [0, 0.05) is 5.69 Å². The SMILES string of the molecule is CC(C)[C@@H](C(=O)Nc1ccc(C(=O)O)cc1)N1C(=O)[C@@H]2[C@@H](C1=O)C1(Cl)c3ccccc3C2(Cl)c2ccccc21. The molecule has 1 aliphatic heterocycles. The minimum atomic E-state index is -1.33. The van der Waals surface area contributed by atoms with Gasteiger partial charge in [-0.1, -0.05) is 62.4 Å². The number of amides is 3. The highest BCUT2D eigenvalue weighted by Gasteiger charge is 2.73. The Kier molecular flexibility index (Phi) is 5.68. The van der Waals surface area contributed by atoms with Crippen LogP contribution in [0.25, 0.3) is 0 Å². The Balaban J connectivity index is 1.44. The van der Waals surface area contributed by atoms with Crippen LogP contribution in [0.3, 0.4) is 0 Å². The number of carboxylic acids is 1. The molecule has 2 N–H and O–H groups in total. The smallest absolute Gasteiger partial charge is 0.335 e. The lowest BCUT2D eigenvalue weighted by Gasteiger charge is -2.54. The Morgan fingerprint density at radius 3 is 1.56 bits per heavy atom. The Labute approximate surface area is 234 Å². The van der Waals surface area contributed by atoms with Crippen molar-refractivity contribution in [2.45, 2.75) is 29.6 Å². The van der Waals surface area contributed by atoms with Crippen LogP contribution in [-0.2, 0) is 24.1 Å². The van der Waals surface area contributed by atoms with Crippen LogP contribution in [0.1, 0.15) is 46.5 Å². The molecule has 3 amide bonds. The number of carbonyl (C=O) groups is 4. The van der Waals surface area contributed by atoms with Gasteiger partial charge >= 0.3 is 5.97 Å². The van der Waals surface area contributed by atoms with Crippen molar-refractivity contribution >= 4 is 52.6 Å². The lowest BCUT2D eigenvalue weighted by Crippen LogP contribution is -2.57. The predicted molar refractivity (Wildman–Crippen MR) is 146 cm³/mol. The molecule has 7 nitrogen and oxygen atoms in total. The third-order valence-electron chi connectivity index (χ3n) is 8.20. The van der Waals surface area contributed by atoms with Crippen molar-refractivity contribution in [1.82, 2.24) is 4.90 Å². The van der Waals surface area contributed by atoms with Crippen molar-refractivity contribution in [1.29, 1.82) is 0 Å². The number of carboxylic acid groups (broad SMARTS) is 1. The van der Waals surface area contributed by atoms with Gasteiger partial charge in [0.15, 0.2) is 0 Å². The summed E-state index contributed by atoms with van der Waals surface area (Å²) in [5.74, 6) is -5.17. The van der Waals surface area contributed by atoms with Crippen LogP contribution >= 0.6 is 23.2 Å². The van der Waals surface area contributed by atoms with Gasteiger partial charge in [-0.25, -0.2) is 4.79 Å². The molecule has 4 aliphatic rings. The molecule has 3 aromatic carbocycles. The zero-order chi connectivity index (χ0) is 27.9. The van der Waals surface area contributed by atoms with E-state index in [0.717, 1.165) is 4.90 Å². The van der Waals surface area contributed by atoms with Gasteiger partial charge in [0.05, 0.1) is 17.4 Å². The van der Waals surface area contributed by atoms with Crippen LogP contribution in [-0.4, -0.2) is 39.7 Å². The van der Waals surface area contributed by atoms with Crippen molar-refractivity contribution in [2.75, 3.05) is 5.32 Å². The predicted octanol–water partition coefficient (Wildman–Crippen LogP) is 4.94. The number of imide groups is 1. The molecule has 2 bridgehead atoms. The first-order valence-corrected chi connectivity index (χ1v) is 13.4. The molecule has 0 radical (unpaired) electrons. The van der Waals surface area contributed by atoms with Crippen molar-refractivity contribution < 1.29 is 24.3 Å². The largest absolute Gasteiger partial charge is 0.478 e. The van der Waals surface area contributed by atoms with Crippen molar-refractivity contribution in [3.63, 3.8) is 0 Å². The summed E-state index contributed by atoms with van der Waals surface area (Å²) < 4.78 is 0. The number of aromatic carboxylic acids is 1. The number of halogens is 2. The molecule has 0 unspecified atom stereocenters. The van der Waals surface area contributed by atoms with Crippen LogP contribution in [0.15, 0.2) is 72.8 Å². The van der Waals surface area contributed by atoms with Crippen LogP contribution in [0.5, 0.6) is 0 Å². The molecule has 9 heteroatoms. The van der Waals surface area contributed by atoms with Gasteiger partial charge in [0.25, 0.3) is 0 Å². The number of nitrogens with one attached hydrogen (secondary N) is 1. The molecule has 3 aromatic rings. The molecular weight excluding hydrogens is 539 g/mol. The standard InChI is InChI=1S/C30H24Cl2N2O5/c1-15(2)24(25(35)33-17-13-11-16(12-14-17)28(38)39)34-26(36)22-23(27(34)37)30(32)19-8-4-3-7-18(19)29(22,31)20-9-5-6-10-21(20)30/h3-15,22-24H,1-2H3,(H,33,35)(H,38,39)/t22-,23-,24-,29?,30?/m0/s1. The van der Waals surface area contributed by atoms with Gasteiger partial charge in [-0.05, 0) is 52.4 Å². The van der Waals surface area contributed by atoms with Crippen molar-refractivity contribution in [2.24, 2.45) is 17.8 Å². The Hall–Kier alpha value is -3.68. The lowest BCUT2D eigenvalue weighted by atomic mass is 9.54. The fourth-order valence-electron chi connectivity index (χ4n) is 6.59. The number of rotatable bonds is 5. The first-order valence-electron chi connectivity index (χ1n) is 12.6. The molecule has 1 saturated heterocycles. The number of likely N-dealkylation sites (tertiary alicyclic amines) is 1. The molecule has 1 fully saturated rings. The summed E-state index contributed by atoms with van der Waals surface area (Å²) in [6, 6.07) is 19.2. The molecule has 198 valence electrons. The van der Waals surface area contributed by atoms with Gasteiger partial charge < -0.3 is 10.4 Å². The zero-order valence-electron chi connectivity index (χ0n) is 21.0. The maximum Gasteiger partial charge on any atom is 0.335 e. The average Bonchev–Trinajstić information content (AvgIpc) is 3.18. The van der Waals surface area contributed by atoms with E-state index in [0.29, 0.717) is 27.9 Å². The first-order chi connectivity index (χ1) is 18.5. The maximum absolute atomic E-state index is 14.2. The number of carbonyl (C=O) groups excluding carboxylic acids is 3. The van der Waals surface area contributed by atoms with Crippen molar-refractivity contribution in [3.8, 4) is 0 Å². The number of anilines is 1. The van der Waals surface area contributed by atoms with E-state index >= 15 is 0 Å². The second kappa shape index (κ2) is 8.66. The summed E-state index contributed by atoms with van der Waals surface area (Å²) in [6.45, 7) is 3.51. The number of alkyl halides is 2. The highest BCUT2D eigenvalue weighted by molar-refractivity contribution is 6.36. The van der Waals surface area contributed by atoms with E-state index in [9.17, 15) is 19.2 Å². The van der Waals surface area contributed by atoms with E-state index in [4.69, 9.17) is 28.3 Å². The van der Waals surface area contributed by atoms with Gasteiger partial charge in [0.2, 0.25) is 17.7 Å². The third-order valence-corrected chi connectivity index (χ3v) is 9.48. The summed E-state index contributed by atoms with van der Waals surface area (Å²) in [5, 5.41) is 11.9. The van der Waals surface area contributed by atoms with E-state index in [1.807, 2.05) is 48.5 Å². The van der Waals surface area contributed by atoms with Gasteiger partial charge in [-0.2, -0.15) is 0 Å². The minimum Gasteiger partial charge on any atom is -0.478 e. The number of hydrogen-bond acceptors (Lipinski definition) is 4. The minimum absolute atomic E-state index is 0.0665. The topological polar surface area (TPSA) is 104 Å². The van der Waals surface area contributed by atoms with Crippen LogP contribution < -0.4 is 5.32 Å². The van der Waals surface area contributed by atoms with E-state index in [1.165, 1.54) is 24.3 Å². The van der Waals surface area contributed by atoms with E-state index in [1.54, 1.807) is 13.8 Å². The van der Waals surface area contributed by atoms with Gasteiger partial charge in [-0.3, -0.25) is 19.3 Å². The second-order valence-electron chi connectivity index (χ2n) is 10.6. The fourth-order valence-corrected chi connectivity index (χ4v) is 7.69. The van der Waals surface area contributed by atoms with E-state index in [2.05, 4.69) is 5.32 Å². The van der Waals surface area contributed by atoms with Crippen molar-refractivity contribution in [3.05, 3.63) is 101 Å². The monoisotopic (exact) mass is 562 g/mol. The zero-order valence-corrected chi connectivity index (χ0v) is 22.5. The van der Waals surface area contributed by atoms with Crippen LogP contribution in [0.2, 0.25) is 0 Å². The van der Waals surface area contributed by atoms with Crippen LogP contribution in [0.4, 0.5) is 5.69 Å². The summed E-state index contributed by atoms with van der Waals surface area (Å²) >= 11 is 14.9. The summed E-state index contributed by atoms with van der Waals surface area (Å²) in [4.78, 5) is 51.7. The van der Waals surface area contributed by atoms with Gasteiger partial charge in [-0.15, -0.1) is 23.2 Å². The molecular formula is C30H24Cl2N2O5. The van der Waals surface area contributed by atoms with Crippen LogP contribution in [0, 0.1) is 17.8 Å². The molecule has 3 atom stereocenters. The Morgan fingerprint density at radius 1 is 0.795 bits per heavy atom. The summed E-state index contributed by atoms with van der Waals surface area (Å²) in [7, 11) is 0. The highest BCUT2D eigenvalue weighted by atomic mass is 35.5. The number of nitrogens with zero attached hydrogens (tertiary/aromatic N) is 1. The molecule has 3 aliphatic carbocycles. The highest BCUT2D eigenvalue weighted by Crippen LogP contribution is 2.69. The summed E-state index contributed by atoms with van der Waals surface area (Å²) in [6.07, 6.45) is 0. The molecule has 0 saturated carbocycles. The third kappa shape index (κ3) is 3.29. The Morgan fingerprint density at radius 2 is 1.21 bits per heavy atom. The molecule has 39 heavy (non-hydrogen) atoms. The lowest BCUT2D eigenvalue weighted by molar-refractivity contribution is -0.148. The molecule has 7 rings (SSSR count). The summed E-state index contributed by atoms with van der Waals surface area (Å²) in [5.41, 5.74) is 3.16.